The standard InChI is InChI=1S/C19H27F3N2O9S2Si/c1-9(2)18(3,4)36(5,6)29-8-11-12(32-17(26)34)13-15(30-11)24-7-10(14(25)23-16(24)31-13)33-35(27,28)19(20,21)22/h7,9,11-13,15H,8H2,1-6H3,(H,26,34)/t11-,12-,13+,15-/m1/s1. The zero-order chi connectivity index (χ0) is 27.4. The number of carbonyl (C=O) groups excluding carboxylic acids is 1. The van der Waals surface area contributed by atoms with E-state index in [1.807, 2.05) is 13.1 Å². The van der Waals surface area contributed by atoms with E-state index in [0.29, 0.717) is 12.1 Å². The van der Waals surface area contributed by atoms with Crippen molar-refractivity contribution in [1.29, 1.82) is 0 Å². The number of nitrogens with zero attached hydrogens (tertiary/aromatic N) is 2. The molecule has 1 aromatic rings. The molecule has 3 rings (SSSR count). The number of alkyl halides is 3. The Hall–Kier alpha value is -1.82. The summed E-state index contributed by atoms with van der Waals surface area (Å²) in [5.41, 5.74) is -7.18. The molecule has 1 aromatic heterocycles. The van der Waals surface area contributed by atoms with Crippen LogP contribution >= 0.6 is 12.6 Å². The number of carbonyl (C=O) groups is 1. The van der Waals surface area contributed by atoms with Crippen LogP contribution < -0.4 is 14.5 Å². The second-order valence-electron chi connectivity index (χ2n) is 9.78. The number of hydrogen-bond donors (Lipinski definition) is 1. The molecule has 2 aliphatic heterocycles. The molecular weight excluding hydrogens is 549 g/mol. The predicted octanol–water partition coefficient (Wildman–Crippen LogP) is 3.22. The average Bonchev–Trinajstić information content (AvgIpc) is 3.21. The first-order chi connectivity index (χ1) is 16.3. The van der Waals surface area contributed by atoms with Gasteiger partial charge >= 0.3 is 32.5 Å². The van der Waals surface area contributed by atoms with Crippen LogP contribution in [-0.4, -0.2) is 62.0 Å². The molecule has 0 spiro atoms. The number of fused-ring (bicyclic) bond motifs is 3. The molecule has 0 aliphatic carbocycles. The van der Waals surface area contributed by atoms with Crippen LogP contribution in [0.4, 0.5) is 18.0 Å². The van der Waals surface area contributed by atoms with Crippen LogP contribution in [0.2, 0.25) is 18.1 Å². The van der Waals surface area contributed by atoms with Crippen molar-refractivity contribution in [3.63, 3.8) is 0 Å². The molecule has 17 heteroatoms. The summed E-state index contributed by atoms with van der Waals surface area (Å²) in [6.07, 6.45) is -3.48. The van der Waals surface area contributed by atoms with Crippen molar-refractivity contribution >= 4 is 36.4 Å². The van der Waals surface area contributed by atoms with Crippen LogP contribution in [0, 0.1) is 5.92 Å². The van der Waals surface area contributed by atoms with E-state index < -0.39 is 65.1 Å². The molecular formula is C19H27F3N2O9S2Si. The third-order valence-electron chi connectivity index (χ3n) is 7.01. The van der Waals surface area contributed by atoms with E-state index in [4.69, 9.17) is 18.6 Å². The largest absolute Gasteiger partial charge is 0.534 e. The lowest BCUT2D eigenvalue weighted by molar-refractivity contribution is -0.0502. The van der Waals surface area contributed by atoms with Gasteiger partial charge in [-0.2, -0.15) is 26.6 Å². The summed E-state index contributed by atoms with van der Waals surface area (Å²) in [5.74, 6) is -0.905. The molecule has 0 bridgehead atoms. The molecule has 2 aliphatic rings. The molecule has 3 heterocycles. The Bertz CT molecular complexity index is 1190. The first-order valence-electron chi connectivity index (χ1n) is 10.8. The number of ether oxygens (including phenoxy) is 3. The quantitative estimate of drug-likeness (QED) is 0.162. The van der Waals surface area contributed by atoms with Gasteiger partial charge in [0.2, 0.25) is 5.75 Å². The van der Waals surface area contributed by atoms with Gasteiger partial charge in [-0.3, -0.25) is 9.36 Å². The zero-order valence-electron chi connectivity index (χ0n) is 20.2. The Morgan fingerprint density at radius 1 is 1.31 bits per heavy atom. The molecule has 0 N–H and O–H groups in total. The summed E-state index contributed by atoms with van der Waals surface area (Å²) in [7, 11) is -8.46. The number of rotatable bonds is 8. The Balaban J connectivity index is 1.89. The lowest BCUT2D eigenvalue weighted by atomic mass is 9.99. The van der Waals surface area contributed by atoms with E-state index in [0.717, 1.165) is 4.57 Å². The summed E-state index contributed by atoms with van der Waals surface area (Å²) < 4.78 is 88.9. The van der Waals surface area contributed by atoms with Gasteiger partial charge in [0.05, 0.1) is 12.8 Å². The predicted molar refractivity (Wildman–Crippen MR) is 124 cm³/mol. The van der Waals surface area contributed by atoms with Crippen molar-refractivity contribution in [1.82, 2.24) is 9.55 Å². The number of halogens is 3. The molecule has 0 radical (unpaired) electrons. The molecule has 0 aromatic carbocycles. The minimum atomic E-state index is -6.13. The van der Waals surface area contributed by atoms with Gasteiger partial charge in [-0.1, -0.05) is 40.3 Å². The van der Waals surface area contributed by atoms with Gasteiger partial charge in [-0.05, 0) is 24.1 Å². The number of aromatic nitrogens is 2. The van der Waals surface area contributed by atoms with Crippen molar-refractivity contribution in [2.45, 2.75) is 75.9 Å². The topological polar surface area (TPSA) is 132 Å². The first-order valence-corrected chi connectivity index (χ1v) is 15.5. The fraction of sp³-hybridized carbons (Fsp3) is 0.737. The van der Waals surface area contributed by atoms with Gasteiger partial charge in [0, 0.05) is 0 Å². The molecule has 1 fully saturated rings. The average molecular weight is 577 g/mol. The van der Waals surface area contributed by atoms with Gasteiger partial charge < -0.3 is 22.8 Å². The van der Waals surface area contributed by atoms with Gasteiger partial charge in [-0.15, -0.1) is 0 Å². The molecule has 1 saturated heterocycles. The molecule has 11 nitrogen and oxygen atoms in total. The smallest absolute Gasteiger partial charge is 0.452 e. The van der Waals surface area contributed by atoms with Crippen LogP contribution in [0.1, 0.15) is 33.9 Å². The normalized spacial score (nSPS) is 24.3. The second-order valence-corrected chi connectivity index (χ2v) is 16.3. The van der Waals surface area contributed by atoms with E-state index in [9.17, 15) is 31.2 Å². The van der Waals surface area contributed by atoms with Crippen LogP contribution in [0.15, 0.2) is 11.0 Å². The van der Waals surface area contributed by atoms with Crippen LogP contribution in [0.3, 0.4) is 0 Å². The molecule has 204 valence electrons. The Kier molecular flexibility index (Phi) is 7.57. The summed E-state index contributed by atoms with van der Waals surface area (Å²) >= 11 is 3.64. The first kappa shape index (κ1) is 28.7. The van der Waals surface area contributed by atoms with Crippen molar-refractivity contribution in [3.8, 4) is 11.8 Å². The fourth-order valence-electron chi connectivity index (χ4n) is 3.67. The molecule has 0 unspecified atom stereocenters. The lowest BCUT2D eigenvalue weighted by Crippen LogP contribution is -2.48. The Morgan fingerprint density at radius 3 is 2.44 bits per heavy atom. The maximum atomic E-state index is 12.7. The highest BCUT2D eigenvalue weighted by molar-refractivity contribution is 7.96. The van der Waals surface area contributed by atoms with Crippen LogP contribution in [0.5, 0.6) is 11.8 Å². The van der Waals surface area contributed by atoms with Crippen molar-refractivity contribution in [3.05, 3.63) is 16.6 Å². The fourth-order valence-corrected chi connectivity index (χ4v) is 6.58. The molecule has 4 atom stereocenters. The monoisotopic (exact) mass is 576 g/mol. The highest BCUT2D eigenvalue weighted by Crippen LogP contribution is 2.46. The zero-order valence-corrected chi connectivity index (χ0v) is 22.9. The van der Waals surface area contributed by atoms with Crippen molar-refractivity contribution in [2.24, 2.45) is 5.92 Å². The van der Waals surface area contributed by atoms with Gasteiger partial charge in [0.25, 0.3) is 0 Å². The SMILES string of the molecule is CC(C)C(C)(C)[Si](C)(C)OC[C@H]1O[C@@H]2[C@@H](Oc3nc(=O)c(OS(=O)(=O)C(F)(F)F)cn32)[C@@H]1OC(=O)S. The molecule has 0 amide bonds. The number of hydrogen-bond acceptors (Lipinski definition) is 10. The number of thiol groups is 1. The molecule has 0 saturated carbocycles. The van der Waals surface area contributed by atoms with Gasteiger partial charge in [0.1, 0.15) is 6.10 Å². The maximum Gasteiger partial charge on any atom is 0.534 e. The summed E-state index contributed by atoms with van der Waals surface area (Å²) in [5, 5.41) is -1.09. The second kappa shape index (κ2) is 9.49. The van der Waals surface area contributed by atoms with Crippen molar-refractivity contribution in [2.75, 3.05) is 6.61 Å². The summed E-state index contributed by atoms with van der Waals surface area (Å²) in [6, 6.07) is -0.387. The third kappa shape index (κ3) is 5.25. The summed E-state index contributed by atoms with van der Waals surface area (Å²) in [6.45, 7) is 12.4. The van der Waals surface area contributed by atoms with Crippen LogP contribution in [0.25, 0.3) is 0 Å². The van der Waals surface area contributed by atoms with E-state index in [1.165, 1.54) is 0 Å². The maximum absolute atomic E-state index is 12.7. The minimum absolute atomic E-state index is 0.00771. The third-order valence-corrected chi connectivity index (χ3v) is 12.7. The highest BCUT2D eigenvalue weighted by atomic mass is 32.2. The molecule has 36 heavy (non-hydrogen) atoms. The van der Waals surface area contributed by atoms with E-state index in [1.54, 1.807) is 0 Å². The summed E-state index contributed by atoms with van der Waals surface area (Å²) in [4.78, 5) is 27.2. The Morgan fingerprint density at radius 2 is 1.92 bits per heavy atom. The minimum Gasteiger partial charge on any atom is -0.452 e. The van der Waals surface area contributed by atoms with Gasteiger partial charge in [0.15, 0.2) is 26.8 Å². The van der Waals surface area contributed by atoms with Gasteiger partial charge in [-0.25, -0.2) is 4.79 Å². The Labute approximate surface area is 211 Å². The van der Waals surface area contributed by atoms with E-state index >= 15 is 0 Å². The van der Waals surface area contributed by atoms with Crippen molar-refractivity contribution < 1.29 is 49.2 Å². The van der Waals surface area contributed by atoms with E-state index in [-0.39, 0.29) is 17.7 Å². The highest BCUT2D eigenvalue weighted by Gasteiger charge is 2.55. The van der Waals surface area contributed by atoms with Crippen LogP contribution in [-0.2, 0) is 24.0 Å². The lowest BCUT2D eigenvalue weighted by Gasteiger charge is -2.43. The van der Waals surface area contributed by atoms with E-state index in [2.05, 4.69) is 49.5 Å².